The molecule has 2 amide bonds. The van der Waals surface area contributed by atoms with Crippen LogP contribution in [0.3, 0.4) is 0 Å². The molecule has 1 aromatic heterocycles. The van der Waals surface area contributed by atoms with E-state index in [1.165, 1.54) is 16.9 Å². The van der Waals surface area contributed by atoms with E-state index in [0.717, 1.165) is 23.4 Å². The number of nitrogens with zero attached hydrogens (tertiary/aromatic N) is 3. The number of hydrogen-bond donors (Lipinski definition) is 1. The molecule has 0 saturated heterocycles. The molecule has 0 aliphatic heterocycles. The fraction of sp³-hybridized carbons (Fsp3) is 0.200. The van der Waals surface area contributed by atoms with E-state index in [9.17, 15) is 13.6 Å². The number of amides is 2. The van der Waals surface area contributed by atoms with Crippen LogP contribution in [-0.2, 0) is 13.1 Å². The molecule has 3 aromatic rings. The van der Waals surface area contributed by atoms with Gasteiger partial charge in [-0.25, -0.2) is 18.3 Å². The van der Waals surface area contributed by atoms with Gasteiger partial charge in [-0.1, -0.05) is 12.1 Å². The fourth-order valence-electron chi connectivity index (χ4n) is 2.64. The van der Waals surface area contributed by atoms with Gasteiger partial charge in [-0.15, -0.1) is 0 Å². The maximum absolute atomic E-state index is 13.8. The van der Waals surface area contributed by atoms with Crippen LogP contribution in [0.15, 0.2) is 54.9 Å². The van der Waals surface area contributed by atoms with E-state index in [0.29, 0.717) is 12.1 Å². The lowest BCUT2D eigenvalue weighted by molar-refractivity contribution is 0.206. The number of aromatic nitrogens is 2. The maximum Gasteiger partial charge on any atom is 0.317 e. The summed E-state index contributed by atoms with van der Waals surface area (Å²) >= 11 is 0. The van der Waals surface area contributed by atoms with Gasteiger partial charge < -0.3 is 15.0 Å². The molecule has 0 bridgehead atoms. The molecule has 0 unspecified atom stereocenters. The third-order valence-electron chi connectivity index (χ3n) is 4.16. The van der Waals surface area contributed by atoms with Gasteiger partial charge in [-0.2, -0.15) is 5.10 Å². The second-order valence-electron chi connectivity index (χ2n) is 6.25. The van der Waals surface area contributed by atoms with Crippen molar-refractivity contribution in [3.63, 3.8) is 0 Å². The number of carbonyl (C=O) groups excluding carboxylic acids is 1. The first-order valence-corrected chi connectivity index (χ1v) is 8.57. The summed E-state index contributed by atoms with van der Waals surface area (Å²) < 4.78 is 33.3. The summed E-state index contributed by atoms with van der Waals surface area (Å²) in [6.07, 6.45) is 3.10. The van der Waals surface area contributed by atoms with Gasteiger partial charge in [0.25, 0.3) is 0 Å². The van der Waals surface area contributed by atoms with E-state index in [1.807, 2.05) is 24.3 Å². The van der Waals surface area contributed by atoms with Crippen molar-refractivity contribution in [2.24, 2.45) is 0 Å². The van der Waals surface area contributed by atoms with Crippen LogP contribution in [0.5, 0.6) is 5.75 Å². The standard InChI is InChI=1S/C20H20F2N4O2/c1-25(12-14-3-6-17(28-2)7-4-14)20(27)23-10-15-11-24-26(13-15)19-8-5-16(21)9-18(19)22/h3-9,11,13H,10,12H2,1-2H3,(H,23,27). The first-order chi connectivity index (χ1) is 13.5. The summed E-state index contributed by atoms with van der Waals surface area (Å²) in [7, 11) is 3.29. The minimum absolute atomic E-state index is 0.135. The number of halogens is 2. The summed E-state index contributed by atoms with van der Waals surface area (Å²) in [6, 6.07) is 10.5. The predicted molar refractivity (Wildman–Crippen MR) is 100 cm³/mol. The molecule has 6 nitrogen and oxygen atoms in total. The van der Waals surface area contributed by atoms with Crippen LogP contribution in [0.4, 0.5) is 13.6 Å². The smallest absolute Gasteiger partial charge is 0.317 e. The Morgan fingerprint density at radius 3 is 2.61 bits per heavy atom. The van der Waals surface area contributed by atoms with Crippen molar-refractivity contribution >= 4 is 6.03 Å². The third-order valence-corrected chi connectivity index (χ3v) is 4.16. The molecule has 1 N–H and O–H groups in total. The highest BCUT2D eigenvalue weighted by atomic mass is 19.1. The number of urea groups is 1. The van der Waals surface area contributed by atoms with Crippen LogP contribution in [0.25, 0.3) is 5.69 Å². The molecule has 2 aromatic carbocycles. The molecule has 0 aliphatic carbocycles. The van der Waals surface area contributed by atoms with Crippen LogP contribution in [0.1, 0.15) is 11.1 Å². The van der Waals surface area contributed by atoms with E-state index in [4.69, 9.17) is 4.74 Å². The Hall–Kier alpha value is -3.42. The lowest BCUT2D eigenvalue weighted by Crippen LogP contribution is -2.36. The Labute approximate surface area is 161 Å². The minimum Gasteiger partial charge on any atom is -0.497 e. The van der Waals surface area contributed by atoms with Crippen molar-refractivity contribution < 1.29 is 18.3 Å². The predicted octanol–water partition coefficient (Wildman–Crippen LogP) is 3.50. The highest BCUT2D eigenvalue weighted by Crippen LogP contribution is 2.15. The van der Waals surface area contributed by atoms with Crippen molar-refractivity contribution in [1.82, 2.24) is 20.0 Å². The first kappa shape index (κ1) is 19.3. The summed E-state index contributed by atoms with van der Waals surface area (Å²) in [5.41, 5.74) is 1.79. The normalized spacial score (nSPS) is 10.6. The molecule has 0 fully saturated rings. The van der Waals surface area contributed by atoms with Gasteiger partial charge in [0.15, 0.2) is 5.82 Å². The zero-order valence-electron chi connectivity index (χ0n) is 15.5. The second kappa shape index (κ2) is 8.51. The van der Waals surface area contributed by atoms with Gasteiger partial charge in [-0.05, 0) is 29.8 Å². The zero-order valence-corrected chi connectivity index (χ0v) is 15.5. The number of benzene rings is 2. The van der Waals surface area contributed by atoms with Crippen molar-refractivity contribution in [2.45, 2.75) is 13.1 Å². The van der Waals surface area contributed by atoms with Gasteiger partial charge in [-0.3, -0.25) is 0 Å². The number of rotatable bonds is 6. The lowest BCUT2D eigenvalue weighted by atomic mass is 10.2. The molecule has 1 heterocycles. The summed E-state index contributed by atoms with van der Waals surface area (Å²) in [6.45, 7) is 0.671. The molecule has 0 aliphatic rings. The fourth-order valence-corrected chi connectivity index (χ4v) is 2.64. The average molecular weight is 386 g/mol. The molecule has 0 spiro atoms. The van der Waals surface area contributed by atoms with E-state index in [1.54, 1.807) is 25.3 Å². The Kier molecular flexibility index (Phi) is 5.88. The molecule has 0 saturated carbocycles. The van der Waals surface area contributed by atoms with Crippen molar-refractivity contribution in [3.05, 3.63) is 77.6 Å². The highest BCUT2D eigenvalue weighted by molar-refractivity contribution is 5.73. The molecule has 0 radical (unpaired) electrons. The van der Waals surface area contributed by atoms with Crippen LogP contribution >= 0.6 is 0 Å². The minimum atomic E-state index is -0.710. The maximum atomic E-state index is 13.8. The average Bonchev–Trinajstić information content (AvgIpc) is 3.15. The zero-order chi connectivity index (χ0) is 20.1. The summed E-state index contributed by atoms with van der Waals surface area (Å²) in [4.78, 5) is 13.8. The largest absolute Gasteiger partial charge is 0.497 e. The van der Waals surface area contributed by atoms with Gasteiger partial charge >= 0.3 is 6.03 Å². The van der Waals surface area contributed by atoms with E-state index in [-0.39, 0.29) is 18.3 Å². The molecule has 146 valence electrons. The van der Waals surface area contributed by atoms with Gasteiger partial charge in [0.1, 0.15) is 17.3 Å². The third kappa shape index (κ3) is 4.64. The van der Waals surface area contributed by atoms with Gasteiger partial charge in [0.05, 0.1) is 13.3 Å². The van der Waals surface area contributed by atoms with E-state index >= 15 is 0 Å². The highest BCUT2D eigenvalue weighted by Gasteiger charge is 2.11. The van der Waals surface area contributed by atoms with E-state index in [2.05, 4.69) is 10.4 Å². The number of methoxy groups -OCH3 is 1. The van der Waals surface area contributed by atoms with Gasteiger partial charge in [0, 0.05) is 38.0 Å². The Morgan fingerprint density at radius 1 is 1.18 bits per heavy atom. The Morgan fingerprint density at radius 2 is 1.93 bits per heavy atom. The Balaban J connectivity index is 1.56. The lowest BCUT2D eigenvalue weighted by Gasteiger charge is -2.18. The first-order valence-electron chi connectivity index (χ1n) is 8.57. The number of carbonyl (C=O) groups is 1. The topological polar surface area (TPSA) is 59.4 Å². The van der Waals surface area contributed by atoms with Crippen LogP contribution < -0.4 is 10.1 Å². The van der Waals surface area contributed by atoms with Crippen LogP contribution in [0.2, 0.25) is 0 Å². The van der Waals surface area contributed by atoms with E-state index < -0.39 is 11.6 Å². The molecular formula is C20H20F2N4O2. The van der Waals surface area contributed by atoms with Crippen molar-refractivity contribution in [3.8, 4) is 11.4 Å². The molecule has 3 rings (SSSR count). The molecule has 8 heteroatoms. The molecule has 28 heavy (non-hydrogen) atoms. The molecular weight excluding hydrogens is 366 g/mol. The van der Waals surface area contributed by atoms with Crippen LogP contribution in [0, 0.1) is 11.6 Å². The van der Waals surface area contributed by atoms with Crippen LogP contribution in [-0.4, -0.2) is 34.9 Å². The number of nitrogens with one attached hydrogen (secondary N) is 1. The monoisotopic (exact) mass is 386 g/mol. The molecule has 0 atom stereocenters. The SMILES string of the molecule is COc1ccc(CN(C)C(=O)NCc2cnn(-c3ccc(F)cc3F)c2)cc1. The summed E-state index contributed by atoms with van der Waals surface area (Å²) in [5.74, 6) is -0.607. The quantitative estimate of drug-likeness (QED) is 0.705. The summed E-state index contributed by atoms with van der Waals surface area (Å²) in [5, 5.41) is 6.85. The van der Waals surface area contributed by atoms with Gasteiger partial charge in [0.2, 0.25) is 0 Å². The Bertz CT molecular complexity index is 957. The number of hydrogen-bond acceptors (Lipinski definition) is 3. The number of ether oxygens (including phenoxy) is 1. The second-order valence-corrected chi connectivity index (χ2v) is 6.25. The van der Waals surface area contributed by atoms with Crippen molar-refractivity contribution in [1.29, 1.82) is 0 Å². The van der Waals surface area contributed by atoms with Crippen molar-refractivity contribution in [2.75, 3.05) is 14.2 Å².